The molecular formula is C18H24N4O3. The molecule has 1 unspecified atom stereocenters. The highest BCUT2D eigenvalue weighted by molar-refractivity contribution is 6.07. The average molecular weight is 344 g/mol. The van der Waals surface area contributed by atoms with Crippen molar-refractivity contribution in [1.29, 1.82) is 0 Å². The number of likely N-dealkylation sites (N-methyl/N-ethyl adjacent to an activating group) is 1. The van der Waals surface area contributed by atoms with Gasteiger partial charge >= 0.3 is 0 Å². The maximum atomic E-state index is 13.2. The summed E-state index contributed by atoms with van der Waals surface area (Å²) in [7, 11) is 0. The second-order valence-electron chi connectivity index (χ2n) is 6.43. The first-order valence-electron chi connectivity index (χ1n) is 8.81. The van der Waals surface area contributed by atoms with Crippen molar-refractivity contribution in [3.8, 4) is 0 Å². The average Bonchev–Trinajstić information content (AvgIpc) is 3.22. The molecule has 7 nitrogen and oxygen atoms in total. The van der Waals surface area contributed by atoms with E-state index in [2.05, 4.69) is 10.1 Å². The fourth-order valence-corrected chi connectivity index (χ4v) is 3.55. The van der Waals surface area contributed by atoms with Crippen molar-refractivity contribution in [2.24, 2.45) is 0 Å². The highest BCUT2D eigenvalue weighted by Gasteiger charge is 2.37. The van der Waals surface area contributed by atoms with Gasteiger partial charge in [-0.05, 0) is 46.6 Å². The number of amides is 2. The van der Waals surface area contributed by atoms with Crippen molar-refractivity contribution in [2.45, 2.75) is 46.6 Å². The van der Waals surface area contributed by atoms with Crippen molar-refractivity contribution >= 4 is 22.9 Å². The maximum Gasteiger partial charge on any atom is 0.258 e. The number of carbonyl (C=O) groups excluding carboxylic acids is 2. The van der Waals surface area contributed by atoms with Crippen LogP contribution in [0.15, 0.2) is 10.6 Å². The minimum atomic E-state index is -0.393. The van der Waals surface area contributed by atoms with Gasteiger partial charge in [-0.1, -0.05) is 5.16 Å². The van der Waals surface area contributed by atoms with Gasteiger partial charge in [0.05, 0.1) is 16.6 Å². The number of hydrogen-bond acceptors (Lipinski definition) is 5. The minimum Gasteiger partial charge on any atom is -0.341 e. The zero-order valence-corrected chi connectivity index (χ0v) is 15.2. The Kier molecular flexibility index (Phi) is 4.74. The number of aromatic nitrogens is 2. The van der Waals surface area contributed by atoms with Crippen LogP contribution in [-0.4, -0.2) is 57.4 Å². The maximum absolute atomic E-state index is 13.2. The molecule has 0 radical (unpaired) electrons. The summed E-state index contributed by atoms with van der Waals surface area (Å²) in [6.45, 7) is 9.41. The summed E-state index contributed by atoms with van der Waals surface area (Å²) in [4.78, 5) is 33.8. The Balaban J connectivity index is 1.98. The van der Waals surface area contributed by atoms with Crippen molar-refractivity contribution in [3.05, 3.63) is 23.0 Å². The van der Waals surface area contributed by atoms with Crippen LogP contribution in [0, 0.1) is 13.8 Å². The van der Waals surface area contributed by atoms with Crippen LogP contribution in [-0.2, 0) is 4.79 Å². The number of likely N-dealkylation sites (tertiary alicyclic amines) is 1. The fourth-order valence-electron chi connectivity index (χ4n) is 3.55. The number of hydrogen-bond donors (Lipinski definition) is 0. The van der Waals surface area contributed by atoms with Gasteiger partial charge < -0.3 is 14.3 Å². The number of fused-ring (bicyclic) bond motifs is 1. The Morgan fingerprint density at radius 1 is 1.32 bits per heavy atom. The normalized spacial score (nSPS) is 17.3. The van der Waals surface area contributed by atoms with E-state index in [0.29, 0.717) is 54.1 Å². The summed E-state index contributed by atoms with van der Waals surface area (Å²) in [5.74, 6) is -0.121. The van der Waals surface area contributed by atoms with E-state index < -0.39 is 6.04 Å². The number of aryl methyl sites for hydroxylation is 2. The largest absolute Gasteiger partial charge is 0.341 e. The number of carbonyl (C=O) groups is 2. The molecule has 3 heterocycles. The number of pyridine rings is 1. The molecule has 2 amide bonds. The predicted octanol–water partition coefficient (Wildman–Crippen LogP) is 2.31. The van der Waals surface area contributed by atoms with E-state index in [1.54, 1.807) is 22.8 Å². The summed E-state index contributed by atoms with van der Waals surface area (Å²) in [5.41, 5.74) is 2.21. The summed E-state index contributed by atoms with van der Waals surface area (Å²) in [5, 5.41) is 4.57. The first-order valence-corrected chi connectivity index (χ1v) is 8.81. The third kappa shape index (κ3) is 2.99. The summed E-state index contributed by atoms with van der Waals surface area (Å²) < 4.78 is 5.22. The molecule has 0 spiro atoms. The Bertz CT molecular complexity index is 810. The van der Waals surface area contributed by atoms with Crippen LogP contribution in [0.1, 0.15) is 48.4 Å². The van der Waals surface area contributed by atoms with Crippen LogP contribution in [0.5, 0.6) is 0 Å². The summed E-state index contributed by atoms with van der Waals surface area (Å²) >= 11 is 0. The van der Waals surface area contributed by atoms with Crippen LogP contribution in [0.4, 0.5) is 0 Å². The first-order chi connectivity index (χ1) is 12.0. The molecule has 134 valence electrons. The second-order valence-corrected chi connectivity index (χ2v) is 6.43. The molecule has 7 heteroatoms. The van der Waals surface area contributed by atoms with Crippen molar-refractivity contribution in [3.63, 3.8) is 0 Å². The molecule has 2 aromatic heterocycles. The second kappa shape index (κ2) is 6.82. The molecule has 1 atom stereocenters. The number of nitrogens with zero attached hydrogens (tertiary/aromatic N) is 4. The van der Waals surface area contributed by atoms with E-state index in [-0.39, 0.29) is 11.8 Å². The van der Waals surface area contributed by atoms with E-state index in [0.717, 1.165) is 6.42 Å². The van der Waals surface area contributed by atoms with Crippen molar-refractivity contribution in [2.75, 3.05) is 19.6 Å². The van der Waals surface area contributed by atoms with Gasteiger partial charge in [-0.2, -0.15) is 0 Å². The minimum absolute atomic E-state index is 0.0277. The molecule has 0 bridgehead atoms. The standard InChI is InChI=1S/C18H24N4O3/c1-5-21(6-2)18(24)14-8-7-9-22(14)17(23)13-10-11(3)19-16-15(13)12(4)20-25-16/h10,14H,5-9H2,1-4H3. The zero-order chi connectivity index (χ0) is 18.1. The van der Waals surface area contributed by atoms with Crippen LogP contribution in [0.25, 0.3) is 11.1 Å². The highest BCUT2D eigenvalue weighted by Crippen LogP contribution is 2.27. The van der Waals surface area contributed by atoms with Gasteiger partial charge in [0.25, 0.3) is 11.6 Å². The van der Waals surface area contributed by atoms with Gasteiger partial charge in [0, 0.05) is 25.3 Å². The zero-order valence-electron chi connectivity index (χ0n) is 15.2. The Morgan fingerprint density at radius 2 is 2.04 bits per heavy atom. The van der Waals surface area contributed by atoms with Crippen LogP contribution in [0.2, 0.25) is 0 Å². The van der Waals surface area contributed by atoms with E-state index >= 15 is 0 Å². The molecule has 1 aliphatic rings. The van der Waals surface area contributed by atoms with E-state index in [4.69, 9.17) is 4.52 Å². The fraction of sp³-hybridized carbons (Fsp3) is 0.556. The molecule has 1 saturated heterocycles. The Labute approximate surface area is 147 Å². The third-order valence-corrected chi connectivity index (χ3v) is 4.85. The van der Waals surface area contributed by atoms with E-state index in [1.807, 2.05) is 20.8 Å². The van der Waals surface area contributed by atoms with Gasteiger partial charge in [0.15, 0.2) is 0 Å². The molecule has 1 fully saturated rings. The van der Waals surface area contributed by atoms with Crippen molar-refractivity contribution < 1.29 is 14.1 Å². The molecule has 25 heavy (non-hydrogen) atoms. The third-order valence-electron chi connectivity index (χ3n) is 4.85. The smallest absolute Gasteiger partial charge is 0.258 e. The van der Waals surface area contributed by atoms with Crippen LogP contribution < -0.4 is 0 Å². The van der Waals surface area contributed by atoms with Gasteiger partial charge in [-0.3, -0.25) is 9.59 Å². The molecule has 0 saturated carbocycles. The highest BCUT2D eigenvalue weighted by atomic mass is 16.5. The lowest BCUT2D eigenvalue weighted by atomic mass is 10.1. The van der Waals surface area contributed by atoms with Gasteiger partial charge in [0.2, 0.25) is 5.91 Å². The molecule has 0 aromatic carbocycles. The van der Waals surface area contributed by atoms with E-state index in [1.165, 1.54) is 0 Å². The van der Waals surface area contributed by atoms with E-state index in [9.17, 15) is 9.59 Å². The lowest BCUT2D eigenvalue weighted by Gasteiger charge is -2.29. The lowest BCUT2D eigenvalue weighted by Crippen LogP contribution is -2.47. The first kappa shape index (κ1) is 17.4. The van der Waals surface area contributed by atoms with Gasteiger partial charge in [-0.15, -0.1) is 0 Å². The Morgan fingerprint density at radius 3 is 2.72 bits per heavy atom. The molecule has 0 aliphatic carbocycles. The van der Waals surface area contributed by atoms with Gasteiger partial charge in [-0.25, -0.2) is 4.98 Å². The summed E-state index contributed by atoms with van der Waals surface area (Å²) in [6.07, 6.45) is 1.54. The molecule has 1 aliphatic heterocycles. The predicted molar refractivity (Wildman–Crippen MR) is 93.3 cm³/mol. The Hall–Kier alpha value is -2.44. The molecule has 0 N–H and O–H groups in total. The van der Waals surface area contributed by atoms with Gasteiger partial charge in [0.1, 0.15) is 6.04 Å². The monoisotopic (exact) mass is 344 g/mol. The number of rotatable bonds is 4. The topological polar surface area (TPSA) is 79.5 Å². The molecule has 3 rings (SSSR count). The lowest BCUT2D eigenvalue weighted by molar-refractivity contribution is -0.134. The van der Waals surface area contributed by atoms with Crippen molar-refractivity contribution in [1.82, 2.24) is 19.9 Å². The quantitative estimate of drug-likeness (QED) is 0.850. The summed E-state index contributed by atoms with van der Waals surface area (Å²) in [6, 6.07) is 1.36. The van der Waals surface area contributed by atoms with Crippen LogP contribution >= 0.6 is 0 Å². The SMILES string of the molecule is CCN(CC)C(=O)C1CCCN1C(=O)c1cc(C)nc2onc(C)c12. The molecular weight excluding hydrogens is 320 g/mol. The van der Waals surface area contributed by atoms with Crippen LogP contribution in [0.3, 0.4) is 0 Å². The molecule has 2 aromatic rings.